The quantitative estimate of drug-likeness (QED) is 0.340. The lowest BCUT2D eigenvalue weighted by molar-refractivity contribution is 0.207. The van der Waals surface area contributed by atoms with Crippen molar-refractivity contribution in [2.75, 3.05) is 6.61 Å². The fraction of sp³-hybridized carbons (Fsp3) is 0.379. The zero-order valence-electron chi connectivity index (χ0n) is 22.0. The second-order valence-electron chi connectivity index (χ2n) is 9.92. The Labute approximate surface area is 220 Å². The van der Waals surface area contributed by atoms with Crippen LogP contribution in [0.1, 0.15) is 50.4 Å². The third kappa shape index (κ3) is 4.81. The number of ether oxygens (including phenoxy) is 1. The van der Waals surface area contributed by atoms with Crippen LogP contribution in [0.2, 0.25) is 0 Å². The molecule has 1 aromatic carbocycles. The van der Waals surface area contributed by atoms with E-state index >= 15 is 0 Å². The van der Waals surface area contributed by atoms with Crippen molar-refractivity contribution in [1.82, 2.24) is 23.7 Å². The van der Waals surface area contributed by atoms with E-state index in [1.807, 2.05) is 67.8 Å². The molecule has 1 aliphatic rings. The number of aliphatic hydroxyl groups excluding tert-OH is 1. The highest BCUT2D eigenvalue weighted by molar-refractivity contribution is 5.78. The van der Waals surface area contributed by atoms with Gasteiger partial charge in [0, 0.05) is 50.2 Å². The van der Waals surface area contributed by atoms with Crippen LogP contribution in [0, 0.1) is 6.92 Å². The van der Waals surface area contributed by atoms with Crippen LogP contribution in [0.4, 0.5) is 0 Å². The summed E-state index contributed by atoms with van der Waals surface area (Å²) in [6.07, 6.45) is 6.35. The summed E-state index contributed by atoms with van der Waals surface area (Å²) in [7, 11) is 0. The van der Waals surface area contributed by atoms with Gasteiger partial charge in [-0.05, 0) is 38.8 Å². The zero-order valence-corrected chi connectivity index (χ0v) is 22.0. The van der Waals surface area contributed by atoms with Crippen molar-refractivity contribution in [3.05, 3.63) is 86.7 Å². The van der Waals surface area contributed by atoms with Gasteiger partial charge in [0.05, 0.1) is 5.69 Å². The first-order valence-corrected chi connectivity index (χ1v) is 13.1. The molecular formula is C29H33N5O4. The van der Waals surface area contributed by atoms with E-state index < -0.39 is 11.2 Å². The zero-order chi connectivity index (χ0) is 26.8. The number of hydrogen-bond donors (Lipinski definition) is 1. The summed E-state index contributed by atoms with van der Waals surface area (Å²) in [5.41, 5.74) is 2.34. The van der Waals surface area contributed by atoms with Crippen LogP contribution >= 0.6 is 0 Å². The van der Waals surface area contributed by atoms with E-state index in [9.17, 15) is 14.7 Å². The van der Waals surface area contributed by atoms with E-state index in [-0.39, 0.29) is 25.3 Å². The molecule has 0 saturated carbocycles. The second kappa shape index (κ2) is 10.8. The predicted molar refractivity (Wildman–Crippen MR) is 147 cm³/mol. The molecule has 5 rings (SSSR count). The van der Waals surface area contributed by atoms with Crippen molar-refractivity contribution < 1.29 is 9.84 Å². The molecule has 0 aliphatic heterocycles. The van der Waals surface area contributed by atoms with Gasteiger partial charge >= 0.3 is 5.69 Å². The van der Waals surface area contributed by atoms with Crippen molar-refractivity contribution in [3.63, 3.8) is 0 Å². The second-order valence-corrected chi connectivity index (χ2v) is 9.92. The number of aliphatic hydroxyl groups is 1. The molecule has 0 atom stereocenters. The summed E-state index contributed by atoms with van der Waals surface area (Å²) in [5.74, 6) is 1.12. The highest BCUT2D eigenvalue weighted by atomic mass is 16.5. The molecule has 4 aromatic rings. The normalized spacial score (nSPS) is 13.7. The molecule has 38 heavy (non-hydrogen) atoms. The molecule has 0 fully saturated rings. The van der Waals surface area contributed by atoms with Crippen molar-refractivity contribution >= 4 is 11.2 Å². The lowest BCUT2D eigenvalue weighted by atomic mass is 10.1. The first-order valence-electron chi connectivity index (χ1n) is 13.1. The van der Waals surface area contributed by atoms with Crippen LogP contribution in [-0.4, -0.2) is 41.5 Å². The third-order valence-corrected chi connectivity index (χ3v) is 6.86. The summed E-state index contributed by atoms with van der Waals surface area (Å²) in [6, 6.07) is 13.4. The number of aryl methyl sites for hydroxylation is 1. The topological polar surface area (TPSA) is 104 Å². The Kier molecular flexibility index (Phi) is 7.28. The van der Waals surface area contributed by atoms with Crippen molar-refractivity contribution in [1.29, 1.82) is 0 Å². The molecule has 0 radical (unpaired) electrons. The molecule has 198 valence electrons. The maximum atomic E-state index is 13.8. The molecule has 9 nitrogen and oxygen atoms in total. The minimum atomic E-state index is -0.425. The van der Waals surface area contributed by atoms with Crippen molar-refractivity contribution in [3.8, 4) is 17.3 Å². The van der Waals surface area contributed by atoms with E-state index in [4.69, 9.17) is 14.7 Å². The van der Waals surface area contributed by atoms with E-state index in [0.29, 0.717) is 35.8 Å². The monoisotopic (exact) mass is 515 g/mol. The number of imidazole rings is 1. The van der Waals surface area contributed by atoms with Gasteiger partial charge in [-0.1, -0.05) is 42.5 Å². The highest BCUT2D eigenvalue weighted by Crippen LogP contribution is 2.29. The minimum Gasteiger partial charge on any atom is -0.474 e. The maximum Gasteiger partial charge on any atom is 0.332 e. The van der Waals surface area contributed by atoms with Gasteiger partial charge in [-0.2, -0.15) is 0 Å². The van der Waals surface area contributed by atoms with Crippen molar-refractivity contribution in [2.24, 2.45) is 0 Å². The van der Waals surface area contributed by atoms with Gasteiger partial charge in [0.2, 0.25) is 5.88 Å². The van der Waals surface area contributed by atoms with Crippen LogP contribution in [0.3, 0.4) is 0 Å². The summed E-state index contributed by atoms with van der Waals surface area (Å²) in [5, 5.41) is 9.38. The van der Waals surface area contributed by atoms with E-state index in [1.165, 1.54) is 4.57 Å². The van der Waals surface area contributed by atoms with E-state index in [0.717, 1.165) is 29.7 Å². The number of aromatic nitrogens is 5. The third-order valence-electron chi connectivity index (χ3n) is 6.86. The molecule has 3 heterocycles. The average Bonchev–Trinajstić information content (AvgIpc) is 3.53. The Balaban J connectivity index is 1.73. The number of pyridine rings is 1. The van der Waals surface area contributed by atoms with Crippen LogP contribution in [-0.2, 0) is 13.1 Å². The highest BCUT2D eigenvalue weighted by Gasteiger charge is 2.25. The van der Waals surface area contributed by atoms with Crippen molar-refractivity contribution in [2.45, 2.75) is 65.3 Å². The minimum absolute atomic E-state index is 0.0910. The predicted octanol–water partition coefficient (Wildman–Crippen LogP) is 3.84. The average molecular weight is 516 g/mol. The number of nitrogens with zero attached hydrogens (tertiary/aromatic N) is 5. The van der Waals surface area contributed by atoms with Gasteiger partial charge in [-0.25, -0.2) is 14.8 Å². The summed E-state index contributed by atoms with van der Waals surface area (Å²) >= 11 is 0. The maximum absolute atomic E-state index is 13.8. The molecule has 0 saturated heterocycles. The first-order chi connectivity index (χ1) is 18.4. The molecule has 0 bridgehead atoms. The lowest BCUT2D eigenvalue weighted by Gasteiger charge is -2.15. The largest absolute Gasteiger partial charge is 0.474 e. The number of rotatable bonds is 9. The van der Waals surface area contributed by atoms with Gasteiger partial charge in [0.1, 0.15) is 11.9 Å². The van der Waals surface area contributed by atoms with Crippen LogP contribution < -0.4 is 16.0 Å². The number of fused-ring (bicyclic) bond motifs is 1. The summed E-state index contributed by atoms with van der Waals surface area (Å²) in [4.78, 5) is 36.8. The molecule has 1 N–H and O–H groups in total. The van der Waals surface area contributed by atoms with Crippen LogP contribution in [0.25, 0.3) is 22.6 Å². The SMILES string of the molecule is Cc1nc(OC2CC=CC2)ccc1-c1nc2c(c(=O)n(CCCO)c(=O)n2C(C)C)n1Cc1ccccc1. The first kappa shape index (κ1) is 25.7. The lowest BCUT2D eigenvalue weighted by Crippen LogP contribution is -2.41. The Bertz CT molecular complexity index is 1590. The molecule has 1 aliphatic carbocycles. The van der Waals surface area contributed by atoms with Crippen LogP contribution in [0.5, 0.6) is 5.88 Å². The Morgan fingerprint density at radius 1 is 1.03 bits per heavy atom. The fourth-order valence-corrected chi connectivity index (χ4v) is 4.97. The molecule has 0 amide bonds. The number of hydrogen-bond acceptors (Lipinski definition) is 6. The summed E-state index contributed by atoms with van der Waals surface area (Å²) in [6.45, 7) is 6.10. The Hall–Kier alpha value is -3.98. The van der Waals surface area contributed by atoms with Crippen LogP contribution in [0.15, 0.2) is 64.2 Å². The van der Waals surface area contributed by atoms with Gasteiger partial charge < -0.3 is 14.4 Å². The van der Waals surface area contributed by atoms with Gasteiger partial charge in [0.25, 0.3) is 5.56 Å². The smallest absolute Gasteiger partial charge is 0.332 e. The summed E-state index contributed by atoms with van der Waals surface area (Å²) < 4.78 is 10.7. The van der Waals surface area contributed by atoms with Gasteiger partial charge in [-0.15, -0.1) is 0 Å². The molecule has 0 unspecified atom stereocenters. The van der Waals surface area contributed by atoms with Gasteiger partial charge in [0.15, 0.2) is 11.2 Å². The Morgan fingerprint density at radius 3 is 2.42 bits per heavy atom. The van der Waals surface area contributed by atoms with E-state index in [1.54, 1.807) is 4.57 Å². The van der Waals surface area contributed by atoms with E-state index in [2.05, 4.69) is 12.2 Å². The molecule has 0 spiro atoms. The molecular weight excluding hydrogens is 482 g/mol. The number of benzene rings is 1. The Morgan fingerprint density at radius 2 is 1.76 bits per heavy atom. The fourth-order valence-electron chi connectivity index (χ4n) is 4.97. The molecule has 3 aromatic heterocycles. The van der Waals surface area contributed by atoms with Gasteiger partial charge in [-0.3, -0.25) is 13.9 Å². The molecule has 9 heteroatoms. The standard InChI is InChI=1S/C29H33N5O4/c1-19(2)34-27-25(28(36)32(29(34)37)16-9-17-35)33(18-21-10-5-4-6-11-21)26(31-27)23-14-15-24(30-20(23)3)38-22-12-7-8-13-22/h4-8,10-11,14-15,19,22,35H,9,12-13,16-18H2,1-3H3.